The Balaban J connectivity index is 0.000000196. The summed E-state index contributed by atoms with van der Waals surface area (Å²) >= 11 is 0. The Hall–Kier alpha value is -1.66. The number of aliphatic carboxylic acids is 2. The first kappa shape index (κ1) is 13.3. The van der Waals surface area contributed by atoms with Gasteiger partial charge < -0.3 is 19.7 Å². The molecule has 6 nitrogen and oxygen atoms in total. The van der Waals surface area contributed by atoms with Crippen molar-refractivity contribution in [2.24, 2.45) is 0 Å². The highest BCUT2D eigenvalue weighted by Crippen LogP contribution is 2.55. The SMILES string of the molecule is C=CC(=O)O.C=CC(=O)O.CC12OC1O2. The van der Waals surface area contributed by atoms with Crippen LogP contribution < -0.4 is 0 Å². The molecule has 6 heteroatoms. The van der Waals surface area contributed by atoms with E-state index in [1.807, 2.05) is 6.92 Å². The Morgan fingerprint density at radius 2 is 1.33 bits per heavy atom. The summed E-state index contributed by atoms with van der Waals surface area (Å²) in [6.45, 7) is 7.85. The summed E-state index contributed by atoms with van der Waals surface area (Å²) in [4.78, 5) is 18.5. The molecule has 0 aromatic heterocycles. The van der Waals surface area contributed by atoms with Gasteiger partial charge in [-0.25, -0.2) is 9.59 Å². The fourth-order valence-electron chi connectivity index (χ4n) is 0.366. The third-order valence-electron chi connectivity index (χ3n) is 1.35. The van der Waals surface area contributed by atoms with Crippen molar-refractivity contribution in [1.29, 1.82) is 0 Å². The average molecular weight is 216 g/mol. The molecule has 0 unspecified atom stereocenters. The molecule has 0 aromatic rings. The van der Waals surface area contributed by atoms with Gasteiger partial charge in [0.1, 0.15) is 0 Å². The van der Waals surface area contributed by atoms with Gasteiger partial charge in [-0.15, -0.1) is 0 Å². The topological polar surface area (TPSA) is 99.7 Å². The van der Waals surface area contributed by atoms with Crippen molar-refractivity contribution in [2.45, 2.75) is 19.0 Å². The molecule has 2 rings (SSSR count). The quantitative estimate of drug-likeness (QED) is 0.518. The van der Waals surface area contributed by atoms with Crippen molar-refractivity contribution >= 4 is 11.9 Å². The maximum Gasteiger partial charge on any atom is 0.327 e. The molecule has 2 heterocycles. The molecule has 0 spiro atoms. The fraction of sp³-hybridized carbons (Fsp3) is 0.333. The number of fused-ring (bicyclic) bond motifs is 1. The fourth-order valence-corrected chi connectivity index (χ4v) is 0.366. The minimum absolute atomic E-state index is 0.0833. The van der Waals surface area contributed by atoms with Gasteiger partial charge in [-0.1, -0.05) is 13.2 Å². The van der Waals surface area contributed by atoms with Crippen molar-refractivity contribution in [3.63, 3.8) is 0 Å². The minimum Gasteiger partial charge on any atom is -0.478 e. The van der Waals surface area contributed by atoms with Gasteiger partial charge in [0.05, 0.1) is 0 Å². The van der Waals surface area contributed by atoms with Crippen LogP contribution in [0.5, 0.6) is 0 Å². The second-order valence-corrected chi connectivity index (χ2v) is 2.67. The molecule has 2 saturated heterocycles. The van der Waals surface area contributed by atoms with Crippen LogP contribution in [0.2, 0.25) is 0 Å². The van der Waals surface area contributed by atoms with E-state index in [4.69, 9.17) is 19.7 Å². The first-order valence-electron chi connectivity index (χ1n) is 3.92. The van der Waals surface area contributed by atoms with Crippen molar-refractivity contribution in [1.82, 2.24) is 0 Å². The number of carbonyl (C=O) groups is 2. The molecule has 0 atom stereocenters. The van der Waals surface area contributed by atoms with Crippen molar-refractivity contribution in [3.05, 3.63) is 25.3 Å². The normalized spacial score (nSPS) is 27.7. The molecular weight excluding hydrogens is 204 g/mol. The largest absolute Gasteiger partial charge is 0.478 e. The lowest BCUT2D eigenvalue weighted by atomic mass is 10.6. The summed E-state index contributed by atoms with van der Waals surface area (Å²) in [5.74, 6) is -2.05. The van der Waals surface area contributed by atoms with Crippen LogP contribution in [0, 0.1) is 0 Å². The molecule has 0 saturated carbocycles. The summed E-state index contributed by atoms with van der Waals surface area (Å²) in [5.41, 5.74) is 0. The molecule has 0 bridgehead atoms. The molecule has 2 aliphatic heterocycles. The first-order chi connectivity index (χ1) is 6.85. The number of ether oxygens (including phenoxy) is 2. The Morgan fingerprint density at radius 1 is 1.20 bits per heavy atom. The van der Waals surface area contributed by atoms with Crippen LogP contribution in [0.4, 0.5) is 0 Å². The third kappa shape index (κ3) is 6.42. The zero-order valence-electron chi connectivity index (χ0n) is 8.17. The van der Waals surface area contributed by atoms with E-state index in [0.717, 1.165) is 12.2 Å². The molecule has 2 N–H and O–H groups in total. The van der Waals surface area contributed by atoms with E-state index in [1.165, 1.54) is 0 Å². The van der Waals surface area contributed by atoms with Gasteiger partial charge in [0.25, 0.3) is 0 Å². The van der Waals surface area contributed by atoms with Gasteiger partial charge in [-0.3, -0.25) is 0 Å². The monoisotopic (exact) mass is 216 g/mol. The molecule has 0 radical (unpaired) electrons. The van der Waals surface area contributed by atoms with Crippen LogP contribution in [-0.4, -0.2) is 34.2 Å². The van der Waals surface area contributed by atoms with E-state index in [9.17, 15) is 9.59 Å². The highest BCUT2D eigenvalue weighted by molar-refractivity contribution is 5.79. The number of rotatable bonds is 2. The molecule has 84 valence electrons. The van der Waals surface area contributed by atoms with E-state index < -0.39 is 11.9 Å². The predicted molar refractivity (Wildman–Crippen MR) is 50.0 cm³/mol. The van der Waals surface area contributed by atoms with Gasteiger partial charge in [0.15, 0.2) is 0 Å². The molecule has 2 aliphatic rings. The summed E-state index contributed by atoms with van der Waals surface area (Å²) in [5, 5.41) is 15.2. The van der Waals surface area contributed by atoms with Gasteiger partial charge in [0.2, 0.25) is 12.1 Å². The second kappa shape index (κ2) is 5.28. The highest BCUT2D eigenvalue weighted by Gasteiger charge is 2.73. The Morgan fingerprint density at radius 3 is 1.33 bits per heavy atom. The van der Waals surface area contributed by atoms with Crippen LogP contribution in [0.1, 0.15) is 6.92 Å². The number of epoxide rings is 2. The van der Waals surface area contributed by atoms with Crippen LogP contribution in [0.25, 0.3) is 0 Å². The molecular formula is C9H12O6. The zero-order valence-corrected chi connectivity index (χ0v) is 8.17. The summed E-state index contributed by atoms with van der Waals surface area (Å²) < 4.78 is 9.54. The Labute approximate surface area is 86.4 Å². The van der Waals surface area contributed by atoms with E-state index in [2.05, 4.69) is 13.2 Å². The zero-order chi connectivity index (χ0) is 12.1. The third-order valence-corrected chi connectivity index (χ3v) is 1.35. The Kier molecular flexibility index (Phi) is 4.69. The first-order valence-corrected chi connectivity index (χ1v) is 3.92. The van der Waals surface area contributed by atoms with Gasteiger partial charge in [0, 0.05) is 12.2 Å². The predicted octanol–water partition coefficient (Wildman–Crippen LogP) is 0.603. The lowest BCUT2D eigenvalue weighted by Gasteiger charge is -1.81. The number of hydrogen-bond donors (Lipinski definition) is 2. The highest BCUT2D eigenvalue weighted by atomic mass is 17.0. The number of carboxylic acid groups (broad SMARTS) is 2. The van der Waals surface area contributed by atoms with Gasteiger partial charge >= 0.3 is 11.9 Å². The molecule has 15 heavy (non-hydrogen) atoms. The van der Waals surface area contributed by atoms with Gasteiger partial charge in [-0.2, -0.15) is 0 Å². The maximum atomic E-state index is 9.25. The smallest absolute Gasteiger partial charge is 0.327 e. The second-order valence-electron chi connectivity index (χ2n) is 2.67. The standard InChI is InChI=1S/3C3H4O2/c1-3-2(4-3)5-3;2*1-2-3(4)5/h2H,1H3;2*2H,1H2,(H,4,5). The van der Waals surface area contributed by atoms with Crippen LogP contribution in [-0.2, 0) is 19.1 Å². The molecule has 0 amide bonds. The van der Waals surface area contributed by atoms with Crippen molar-refractivity contribution < 1.29 is 29.3 Å². The molecule has 0 aromatic carbocycles. The van der Waals surface area contributed by atoms with E-state index >= 15 is 0 Å². The summed E-state index contributed by atoms with van der Waals surface area (Å²) in [6, 6.07) is 0. The number of carboxylic acids is 2. The molecule has 2 fully saturated rings. The summed E-state index contributed by atoms with van der Waals surface area (Å²) in [7, 11) is 0. The van der Waals surface area contributed by atoms with Crippen LogP contribution in [0.15, 0.2) is 25.3 Å². The lowest BCUT2D eigenvalue weighted by Crippen LogP contribution is -1.85. The van der Waals surface area contributed by atoms with E-state index in [0.29, 0.717) is 0 Å². The van der Waals surface area contributed by atoms with E-state index in [1.54, 1.807) is 0 Å². The summed E-state index contributed by atoms with van der Waals surface area (Å²) in [6.07, 6.45) is 1.86. The minimum atomic E-state index is -0.981. The van der Waals surface area contributed by atoms with Crippen LogP contribution in [0.3, 0.4) is 0 Å². The average Bonchev–Trinajstić information content (AvgIpc) is 2.95. The number of hydrogen-bond acceptors (Lipinski definition) is 4. The van der Waals surface area contributed by atoms with Crippen LogP contribution >= 0.6 is 0 Å². The van der Waals surface area contributed by atoms with Crippen molar-refractivity contribution in [3.8, 4) is 0 Å². The Bertz CT molecular complexity index is 258. The van der Waals surface area contributed by atoms with E-state index in [-0.39, 0.29) is 12.1 Å². The van der Waals surface area contributed by atoms with Gasteiger partial charge in [-0.05, 0) is 6.92 Å². The van der Waals surface area contributed by atoms with Crippen molar-refractivity contribution in [2.75, 3.05) is 0 Å². The lowest BCUT2D eigenvalue weighted by molar-refractivity contribution is -0.132. The maximum absolute atomic E-state index is 9.25. The molecule has 0 aliphatic carbocycles.